The third kappa shape index (κ3) is 3.62. The second-order valence-electron chi connectivity index (χ2n) is 2.67. The van der Waals surface area contributed by atoms with E-state index in [2.05, 4.69) is 4.74 Å². The number of esters is 1. The highest BCUT2D eigenvalue weighted by Crippen LogP contribution is 2.17. The zero-order valence-electron chi connectivity index (χ0n) is 9.96. The summed E-state index contributed by atoms with van der Waals surface area (Å²) in [5.41, 5.74) is 1.43. The Labute approximate surface area is 91.0 Å². The number of hydrogen-bond acceptors (Lipinski definition) is 3. The first-order chi connectivity index (χ1) is 7.19. The Balaban J connectivity index is 0.000000921. The molecular formula is C12H18O3. The number of rotatable bonds is 2. The minimum absolute atomic E-state index is 0.337. The maximum atomic E-state index is 11.2. The number of hydrogen-bond donors (Lipinski definition) is 0. The van der Waals surface area contributed by atoms with E-state index >= 15 is 0 Å². The van der Waals surface area contributed by atoms with Gasteiger partial charge in [-0.1, -0.05) is 19.9 Å². The van der Waals surface area contributed by atoms with E-state index in [1.54, 1.807) is 13.2 Å². The lowest BCUT2D eigenvalue weighted by Gasteiger charge is -2.05. The predicted octanol–water partition coefficient (Wildman–Crippen LogP) is 2.82. The molecule has 0 amide bonds. The van der Waals surface area contributed by atoms with Crippen molar-refractivity contribution < 1.29 is 14.3 Å². The summed E-state index contributed by atoms with van der Waals surface area (Å²) in [4.78, 5) is 11.2. The van der Waals surface area contributed by atoms with Gasteiger partial charge >= 0.3 is 5.97 Å². The normalized spacial score (nSPS) is 8.60. The zero-order valence-corrected chi connectivity index (χ0v) is 9.96. The van der Waals surface area contributed by atoms with Crippen LogP contribution in [-0.2, 0) is 4.74 Å². The number of carbonyl (C=O) groups is 1. The van der Waals surface area contributed by atoms with Crippen molar-refractivity contribution in [3.8, 4) is 5.75 Å². The molecule has 0 bridgehead atoms. The van der Waals surface area contributed by atoms with Crippen LogP contribution in [0, 0.1) is 6.92 Å². The quantitative estimate of drug-likeness (QED) is 0.704. The minimum atomic E-state index is -0.337. The van der Waals surface area contributed by atoms with Gasteiger partial charge in [0.25, 0.3) is 0 Å². The van der Waals surface area contributed by atoms with Crippen LogP contribution < -0.4 is 4.74 Å². The van der Waals surface area contributed by atoms with E-state index in [-0.39, 0.29) is 5.97 Å². The van der Waals surface area contributed by atoms with E-state index in [4.69, 9.17) is 4.74 Å². The van der Waals surface area contributed by atoms with Crippen molar-refractivity contribution in [3.05, 3.63) is 29.3 Å². The molecule has 0 fully saturated rings. The van der Waals surface area contributed by atoms with Crippen LogP contribution >= 0.6 is 0 Å². The van der Waals surface area contributed by atoms with Crippen molar-refractivity contribution in [3.63, 3.8) is 0 Å². The SMILES string of the molecule is CC.COC(=O)c1cc(OC)ccc1C. The summed E-state index contributed by atoms with van der Waals surface area (Å²) in [6.07, 6.45) is 0. The topological polar surface area (TPSA) is 35.5 Å². The number of carbonyl (C=O) groups excluding carboxylic acids is 1. The summed E-state index contributed by atoms with van der Waals surface area (Å²) in [5.74, 6) is 0.322. The van der Waals surface area contributed by atoms with Crippen LogP contribution in [-0.4, -0.2) is 20.2 Å². The molecule has 84 valence electrons. The summed E-state index contributed by atoms with van der Waals surface area (Å²) in [6.45, 7) is 5.85. The summed E-state index contributed by atoms with van der Waals surface area (Å²) in [6, 6.07) is 5.30. The molecule has 0 saturated carbocycles. The third-order valence-corrected chi connectivity index (χ3v) is 1.85. The lowest BCUT2D eigenvalue weighted by molar-refractivity contribution is 0.0599. The van der Waals surface area contributed by atoms with Gasteiger partial charge in [0.15, 0.2) is 0 Å². The fraction of sp³-hybridized carbons (Fsp3) is 0.417. The van der Waals surface area contributed by atoms with Crippen molar-refractivity contribution in [1.82, 2.24) is 0 Å². The van der Waals surface area contributed by atoms with Gasteiger partial charge in [-0.25, -0.2) is 4.79 Å². The summed E-state index contributed by atoms with van der Waals surface area (Å²) in [7, 11) is 2.92. The van der Waals surface area contributed by atoms with E-state index in [0.717, 1.165) is 5.56 Å². The molecule has 0 heterocycles. The smallest absolute Gasteiger partial charge is 0.338 e. The molecule has 0 spiro atoms. The molecule has 0 aromatic heterocycles. The summed E-state index contributed by atoms with van der Waals surface area (Å²) in [5, 5.41) is 0. The molecule has 0 N–H and O–H groups in total. The van der Waals surface area contributed by atoms with Crippen molar-refractivity contribution in [2.75, 3.05) is 14.2 Å². The molecule has 0 radical (unpaired) electrons. The molecule has 1 aromatic carbocycles. The number of ether oxygens (including phenoxy) is 2. The fourth-order valence-corrected chi connectivity index (χ4v) is 1.06. The van der Waals surface area contributed by atoms with E-state index in [9.17, 15) is 4.79 Å². The van der Waals surface area contributed by atoms with Gasteiger partial charge in [0.2, 0.25) is 0 Å². The Morgan fingerprint density at radius 3 is 2.27 bits per heavy atom. The third-order valence-electron chi connectivity index (χ3n) is 1.85. The van der Waals surface area contributed by atoms with Crippen LogP contribution in [0.1, 0.15) is 29.8 Å². The molecule has 3 nitrogen and oxygen atoms in total. The van der Waals surface area contributed by atoms with Crippen LogP contribution in [0.25, 0.3) is 0 Å². The van der Waals surface area contributed by atoms with E-state index < -0.39 is 0 Å². The Morgan fingerprint density at radius 1 is 1.20 bits per heavy atom. The molecule has 0 unspecified atom stereocenters. The Hall–Kier alpha value is -1.51. The Morgan fingerprint density at radius 2 is 1.80 bits per heavy atom. The molecule has 0 saturated heterocycles. The van der Waals surface area contributed by atoms with Crippen LogP contribution in [0.15, 0.2) is 18.2 Å². The highest BCUT2D eigenvalue weighted by molar-refractivity contribution is 5.91. The van der Waals surface area contributed by atoms with Gasteiger partial charge in [-0.2, -0.15) is 0 Å². The fourth-order valence-electron chi connectivity index (χ4n) is 1.06. The van der Waals surface area contributed by atoms with Crippen LogP contribution in [0.4, 0.5) is 0 Å². The molecule has 15 heavy (non-hydrogen) atoms. The second-order valence-corrected chi connectivity index (χ2v) is 2.67. The van der Waals surface area contributed by atoms with Crippen molar-refractivity contribution >= 4 is 5.97 Å². The Kier molecular flexibility index (Phi) is 6.18. The van der Waals surface area contributed by atoms with Gasteiger partial charge in [0.1, 0.15) is 5.75 Å². The minimum Gasteiger partial charge on any atom is -0.497 e. The van der Waals surface area contributed by atoms with Gasteiger partial charge in [0, 0.05) is 0 Å². The molecule has 3 heteroatoms. The molecule has 0 aliphatic carbocycles. The van der Waals surface area contributed by atoms with Gasteiger partial charge in [-0.15, -0.1) is 0 Å². The first-order valence-electron chi connectivity index (χ1n) is 4.92. The first kappa shape index (κ1) is 13.5. The standard InChI is InChI=1S/C10H12O3.C2H6/c1-7-4-5-8(12-2)6-9(7)10(11)13-3;1-2/h4-6H,1-3H3;1-2H3. The first-order valence-corrected chi connectivity index (χ1v) is 4.92. The lowest BCUT2D eigenvalue weighted by atomic mass is 10.1. The monoisotopic (exact) mass is 210 g/mol. The van der Waals surface area contributed by atoms with E-state index in [0.29, 0.717) is 11.3 Å². The summed E-state index contributed by atoms with van der Waals surface area (Å²) < 4.78 is 9.62. The Bertz CT molecular complexity index is 319. The number of aryl methyl sites for hydroxylation is 1. The van der Waals surface area contributed by atoms with E-state index in [1.165, 1.54) is 7.11 Å². The highest BCUT2D eigenvalue weighted by Gasteiger charge is 2.09. The highest BCUT2D eigenvalue weighted by atomic mass is 16.5. The molecule has 0 atom stereocenters. The maximum absolute atomic E-state index is 11.2. The average molecular weight is 210 g/mol. The van der Waals surface area contributed by atoms with Gasteiger partial charge in [0.05, 0.1) is 19.8 Å². The molecule has 0 aliphatic rings. The van der Waals surface area contributed by atoms with Gasteiger partial charge in [-0.05, 0) is 24.6 Å². The number of methoxy groups -OCH3 is 2. The van der Waals surface area contributed by atoms with Crippen LogP contribution in [0.5, 0.6) is 5.75 Å². The van der Waals surface area contributed by atoms with Gasteiger partial charge < -0.3 is 9.47 Å². The van der Waals surface area contributed by atoms with E-state index in [1.807, 2.05) is 32.9 Å². The average Bonchev–Trinajstić information content (AvgIpc) is 2.31. The lowest BCUT2D eigenvalue weighted by Crippen LogP contribution is -2.03. The van der Waals surface area contributed by atoms with Crippen LogP contribution in [0.3, 0.4) is 0 Å². The number of benzene rings is 1. The van der Waals surface area contributed by atoms with Gasteiger partial charge in [-0.3, -0.25) is 0 Å². The zero-order chi connectivity index (χ0) is 11.8. The second kappa shape index (κ2) is 6.87. The molecule has 1 rings (SSSR count). The van der Waals surface area contributed by atoms with Crippen molar-refractivity contribution in [1.29, 1.82) is 0 Å². The summed E-state index contributed by atoms with van der Waals surface area (Å²) >= 11 is 0. The van der Waals surface area contributed by atoms with Crippen molar-refractivity contribution in [2.45, 2.75) is 20.8 Å². The molecule has 0 aliphatic heterocycles. The molecular weight excluding hydrogens is 192 g/mol. The largest absolute Gasteiger partial charge is 0.497 e. The predicted molar refractivity (Wildman–Crippen MR) is 60.4 cm³/mol. The maximum Gasteiger partial charge on any atom is 0.338 e. The van der Waals surface area contributed by atoms with Crippen molar-refractivity contribution in [2.24, 2.45) is 0 Å². The molecule has 1 aromatic rings. The van der Waals surface area contributed by atoms with Crippen LogP contribution in [0.2, 0.25) is 0 Å².